The Morgan fingerprint density at radius 3 is 3.00 bits per heavy atom. The van der Waals surface area contributed by atoms with E-state index in [1.807, 2.05) is 18.2 Å². The number of hydrogen-bond acceptors (Lipinski definition) is 3. The fourth-order valence-corrected chi connectivity index (χ4v) is 2.37. The Bertz CT molecular complexity index is 984. The van der Waals surface area contributed by atoms with Gasteiger partial charge in [-0.1, -0.05) is 6.07 Å². The van der Waals surface area contributed by atoms with Gasteiger partial charge in [-0.15, -0.1) is 0 Å². The molecule has 0 aliphatic carbocycles. The van der Waals surface area contributed by atoms with Crippen LogP contribution < -0.4 is 0 Å². The van der Waals surface area contributed by atoms with Crippen molar-refractivity contribution in [2.24, 2.45) is 0 Å². The molecule has 0 aliphatic rings. The summed E-state index contributed by atoms with van der Waals surface area (Å²) >= 11 is 0. The lowest BCUT2D eigenvalue weighted by atomic mass is 10.1. The number of ketones is 1. The van der Waals surface area contributed by atoms with Gasteiger partial charge in [-0.25, -0.2) is 8.91 Å². The number of fused-ring (bicyclic) bond motifs is 2. The first-order chi connectivity index (χ1) is 10.2. The third-order valence-electron chi connectivity index (χ3n) is 3.37. The first-order valence-electron chi connectivity index (χ1n) is 6.38. The van der Waals surface area contributed by atoms with Crippen molar-refractivity contribution in [1.82, 2.24) is 9.61 Å². The zero-order valence-corrected chi connectivity index (χ0v) is 10.8. The van der Waals surface area contributed by atoms with Crippen molar-refractivity contribution < 1.29 is 13.6 Å². The van der Waals surface area contributed by atoms with E-state index in [1.54, 1.807) is 16.8 Å². The van der Waals surface area contributed by atoms with E-state index in [9.17, 15) is 9.18 Å². The highest BCUT2D eigenvalue weighted by molar-refractivity contribution is 6.12. The predicted molar refractivity (Wildman–Crippen MR) is 74.8 cm³/mol. The molecule has 4 aromatic rings. The molecule has 3 heterocycles. The zero-order chi connectivity index (χ0) is 14.4. The van der Waals surface area contributed by atoms with Crippen LogP contribution in [-0.4, -0.2) is 15.4 Å². The molecule has 0 bridgehead atoms. The lowest BCUT2D eigenvalue weighted by molar-refractivity contribution is 0.101. The van der Waals surface area contributed by atoms with E-state index in [4.69, 9.17) is 4.42 Å². The largest absolute Gasteiger partial charge is 0.453 e. The lowest BCUT2D eigenvalue weighted by Crippen LogP contribution is -1.98. The Morgan fingerprint density at radius 2 is 2.10 bits per heavy atom. The molecule has 0 saturated carbocycles. The van der Waals surface area contributed by atoms with E-state index in [-0.39, 0.29) is 17.4 Å². The summed E-state index contributed by atoms with van der Waals surface area (Å²) in [5.74, 6) is -0.458. The van der Waals surface area contributed by atoms with Crippen LogP contribution in [0.25, 0.3) is 16.5 Å². The van der Waals surface area contributed by atoms with Crippen LogP contribution in [0.2, 0.25) is 0 Å². The van der Waals surface area contributed by atoms with Gasteiger partial charge in [0.2, 0.25) is 5.78 Å². The molecule has 102 valence electrons. The van der Waals surface area contributed by atoms with Crippen molar-refractivity contribution in [2.45, 2.75) is 0 Å². The van der Waals surface area contributed by atoms with Gasteiger partial charge < -0.3 is 4.42 Å². The van der Waals surface area contributed by atoms with Gasteiger partial charge in [0.1, 0.15) is 11.4 Å². The summed E-state index contributed by atoms with van der Waals surface area (Å²) in [5, 5.41) is 4.69. The number of furan rings is 1. The molecule has 5 heteroatoms. The average molecular weight is 280 g/mol. The van der Waals surface area contributed by atoms with Gasteiger partial charge in [0, 0.05) is 11.6 Å². The molecule has 0 fully saturated rings. The quantitative estimate of drug-likeness (QED) is 0.528. The van der Waals surface area contributed by atoms with Gasteiger partial charge in [-0.3, -0.25) is 4.79 Å². The van der Waals surface area contributed by atoms with Crippen molar-refractivity contribution in [3.8, 4) is 0 Å². The summed E-state index contributed by atoms with van der Waals surface area (Å²) < 4.78 is 20.3. The molecule has 0 atom stereocenters. The summed E-state index contributed by atoms with van der Waals surface area (Å²) in [5.41, 5.74) is 1.64. The molecule has 0 spiro atoms. The first kappa shape index (κ1) is 11.8. The van der Waals surface area contributed by atoms with Gasteiger partial charge >= 0.3 is 0 Å². The minimum Gasteiger partial charge on any atom is -0.453 e. The fraction of sp³-hybridized carbons (Fsp3) is 0. The molecule has 0 saturated heterocycles. The minimum absolute atomic E-state index is 0.175. The third kappa shape index (κ3) is 1.82. The van der Waals surface area contributed by atoms with Crippen molar-refractivity contribution >= 4 is 22.3 Å². The molecule has 0 radical (unpaired) electrons. The number of halogens is 1. The van der Waals surface area contributed by atoms with Crippen LogP contribution in [0.4, 0.5) is 4.39 Å². The molecule has 0 amide bonds. The van der Waals surface area contributed by atoms with Gasteiger partial charge in [0.15, 0.2) is 5.76 Å². The van der Waals surface area contributed by atoms with Crippen LogP contribution in [0.3, 0.4) is 0 Å². The maximum Gasteiger partial charge on any atom is 0.232 e. The normalized spacial score (nSPS) is 11.3. The summed E-state index contributed by atoms with van der Waals surface area (Å²) in [6, 6.07) is 11.2. The number of benzene rings is 1. The zero-order valence-electron chi connectivity index (χ0n) is 10.8. The molecule has 4 nitrogen and oxygen atoms in total. The van der Waals surface area contributed by atoms with Crippen LogP contribution in [0, 0.1) is 5.82 Å². The summed E-state index contributed by atoms with van der Waals surface area (Å²) in [6.07, 6.45) is 3.27. The van der Waals surface area contributed by atoms with Crippen molar-refractivity contribution in [1.29, 1.82) is 0 Å². The molecule has 21 heavy (non-hydrogen) atoms. The van der Waals surface area contributed by atoms with Crippen molar-refractivity contribution in [3.63, 3.8) is 0 Å². The Morgan fingerprint density at radius 1 is 1.19 bits per heavy atom. The first-order valence-corrected chi connectivity index (χ1v) is 6.38. The Kier molecular flexibility index (Phi) is 2.41. The highest BCUT2D eigenvalue weighted by atomic mass is 19.1. The van der Waals surface area contributed by atoms with E-state index in [2.05, 4.69) is 5.10 Å². The topological polar surface area (TPSA) is 47.5 Å². The number of rotatable bonds is 2. The number of aromatic nitrogens is 2. The van der Waals surface area contributed by atoms with Crippen LogP contribution in [0.1, 0.15) is 16.1 Å². The lowest BCUT2D eigenvalue weighted by Gasteiger charge is -1.95. The van der Waals surface area contributed by atoms with Crippen LogP contribution in [0.5, 0.6) is 0 Å². The van der Waals surface area contributed by atoms with E-state index < -0.39 is 0 Å². The molecule has 0 N–H and O–H groups in total. The van der Waals surface area contributed by atoms with Gasteiger partial charge in [-0.2, -0.15) is 5.10 Å². The molecular weight excluding hydrogens is 271 g/mol. The molecule has 3 aromatic heterocycles. The van der Waals surface area contributed by atoms with Crippen molar-refractivity contribution in [2.75, 3.05) is 0 Å². The molecule has 1 aromatic carbocycles. The third-order valence-corrected chi connectivity index (χ3v) is 3.37. The SMILES string of the molecule is O=C(c1cc2cc(F)ccc2o1)c1cnn2ccccc12. The Labute approximate surface area is 118 Å². The van der Waals surface area contributed by atoms with E-state index in [0.29, 0.717) is 22.0 Å². The van der Waals surface area contributed by atoms with Crippen LogP contribution in [0.15, 0.2) is 59.3 Å². The van der Waals surface area contributed by atoms with Gasteiger partial charge in [0.25, 0.3) is 0 Å². The molecule has 0 aliphatic heterocycles. The smallest absolute Gasteiger partial charge is 0.232 e. The second kappa shape index (κ2) is 4.28. The molecule has 4 rings (SSSR count). The number of hydrogen-bond donors (Lipinski definition) is 0. The molecular formula is C16H9FN2O2. The van der Waals surface area contributed by atoms with Gasteiger partial charge in [-0.05, 0) is 36.4 Å². The highest BCUT2D eigenvalue weighted by Gasteiger charge is 2.18. The summed E-state index contributed by atoms with van der Waals surface area (Å²) in [7, 11) is 0. The average Bonchev–Trinajstić information content (AvgIpc) is 3.09. The summed E-state index contributed by atoms with van der Waals surface area (Å²) in [6.45, 7) is 0. The Hall–Kier alpha value is -2.95. The molecule has 0 unspecified atom stereocenters. The summed E-state index contributed by atoms with van der Waals surface area (Å²) in [4.78, 5) is 12.5. The van der Waals surface area contributed by atoms with Crippen LogP contribution >= 0.6 is 0 Å². The number of pyridine rings is 1. The predicted octanol–water partition coefficient (Wildman–Crippen LogP) is 3.45. The van der Waals surface area contributed by atoms with Gasteiger partial charge in [0.05, 0.1) is 17.3 Å². The standard InChI is InChI=1S/C16H9FN2O2/c17-11-4-5-14-10(7-11)8-15(21-14)16(20)12-9-18-19-6-2-1-3-13(12)19/h1-9H. The Balaban J connectivity index is 1.86. The van der Waals surface area contributed by atoms with E-state index in [1.165, 1.54) is 24.4 Å². The second-order valence-corrected chi connectivity index (χ2v) is 4.71. The van der Waals surface area contributed by atoms with E-state index in [0.717, 1.165) is 0 Å². The fourth-order valence-electron chi connectivity index (χ4n) is 2.37. The maximum absolute atomic E-state index is 13.2. The maximum atomic E-state index is 13.2. The minimum atomic E-state index is -0.363. The highest BCUT2D eigenvalue weighted by Crippen LogP contribution is 2.23. The van der Waals surface area contributed by atoms with E-state index >= 15 is 0 Å². The van der Waals surface area contributed by atoms with Crippen molar-refractivity contribution in [3.05, 3.63) is 72.0 Å². The van der Waals surface area contributed by atoms with Crippen LogP contribution in [-0.2, 0) is 0 Å². The number of carbonyl (C=O) groups is 1. The monoisotopic (exact) mass is 280 g/mol. The number of nitrogens with zero attached hydrogens (tertiary/aromatic N) is 2. The second-order valence-electron chi connectivity index (χ2n) is 4.71. The number of carbonyl (C=O) groups excluding carboxylic acids is 1.